The summed E-state index contributed by atoms with van der Waals surface area (Å²) < 4.78 is 10.8. The molecule has 0 N–H and O–H groups in total. The van der Waals surface area contributed by atoms with Crippen molar-refractivity contribution in [2.24, 2.45) is 0 Å². The molecule has 1 aliphatic heterocycles. The van der Waals surface area contributed by atoms with Crippen molar-refractivity contribution in [1.82, 2.24) is 4.90 Å². The Morgan fingerprint density at radius 3 is 2.60 bits per heavy atom. The van der Waals surface area contributed by atoms with Gasteiger partial charge in [0.2, 0.25) is 0 Å². The Labute approximate surface area is 118 Å². The minimum absolute atomic E-state index is 0.198. The number of nitrogens with zero attached hydrogens (tertiary/aromatic N) is 1. The highest BCUT2D eigenvalue weighted by Crippen LogP contribution is 2.31. The third kappa shape index (κ3) is 3.40. The zero-order chi connectivity index (χ0) is 14.8. The van der Waals surface area contributed by atoms with Gasteiger partial charge in [0.1, 0.15) is 11.4 Å². The van der Waals surface area contributed by atoms with Crippen LogP contribution in [0.5, 0.6) is 0 Å². The lowest BCUT2D eigenvalue weighted by Gasteiger charge is -2.32. The van der Waals surface area contributed by atoms with Crippen LogP contribution in [0.25, 0.3) is 0 Å². The van der Waals surface area contributed by atoms with E-state index in [-0.39, 0.29) is 12.0 Å². The molecule has 1 aromatic rings. The molecule has 2 heterocycles. The molecule has 5 heteroatoms. The highest BCUT2D eigenvalue weighted by atomic mass is 16.6. The van der Waals surface area contributed by atoms with Gasteiger partial charge >= 0.3 is 6.09 Å². The van der Waals surface area contributed by atoms with E-state index in [9.17, 15) is 9.59 Å². The summed E-state index contributed by atoms with van der Waals surface area (Å²) in [6, 6.07) is 1.68. The van der Waals surface area contributed by atoms with Crippen molar-refractivity contribution in [1.29, 1.82) is 0 Å². The molecule has 1 aromatic heterocycles. The van der Waals surface area contributed by atoms with Gasteiger partial charge in [0.05, 0.1) is 11.8 Å². The molecule has 1 saturated heterocycles. The average Bonchev–Trinajstić information content (AvgIpc) is 2.85. The zero-order valence-corrected chi connectivity index (χ0v) is 12.2. The molecule has 0 atom stereocenters. The summed E-state index contributed by atoms with van der Waals surface area (Å²) in [5, 5.41) is 0. The second-order valence-corrected chi connectivity index (χ2v) is 6.10. The number of likely N-dealkylation sites (tertiary alicyclic amines) is 1. The number of rotatable bonds is 2. The van der Waals surface area contributed by atoms with Gasteiger partial charge in [0.25, 0.3) is 0 Å². The molecule has 0 saturated carbocycles. The van der Waals surface area contributed by atoms with Gasteiger partial charge in [-0.15, -0.1) is 0 Å². The molecule has 1 amide bonds. The van der Waals surface area contributed by atoms with Crippen LogP contribution in [0.1, 0.15) is 55.6 Å². The third-order valence-corrected chi connectivity index (χ3v) is 3.37. The summed E-state index contributed by atoms with van der Waals surface area (Å²) in [7, 11) is 0. The van der Waals surface area contributed by atoms with E-state index in [1.165, 1.54) is 0 Å². The highest BCUT2D eigenvalue weighted by Gasteiger charge is 2.29. The van der Waals surface area contributed by atoms with Gasteiger partial charge in [-0.2, -0.15) is 0 Å². The Balaban J connectivity index is 1.93. The van der Waals surface area contributed by atoms with E-state index in [1.807, 2.05) is 20.8 Å². The lowest BCUT2D eigenvalue weighted by Crippen LogP contribution is -2.41. The number of hydrogen-bond donors (Lipinski definition) is 0. The Kier molecular flexibility index (Phi) is 4.16. The van der Waals surface area contributed by atoms with Crippen LogP contribution in [0.4, 0.5) is 4.79 Å². The number of aldehydes is 1. The highest BCUT2D eigenvalue weighted by molar-refractivity contribution is 5.76. The molecular weight excluding hydrogens is 258 g/mol. The predicted molar refractivity (Wildman–Crippen MR) is 73.9 cm³/mol. The van der Waals surface area contributed by atoms with E-state index in [2.05, 4.69) is 0 Å². The van der Waals surface area contributed by atoms with Gasteiger partial charge in [-0.25, -0.2) is 4.79 Å². The fourth-order valence-corrected chi connectivity index (χ4v) is 2.41. The lowest BCUT2D eigenvalue weighted by molar-refractivity contribution is 0.0200. The van der Waals surface area contributed by atoms with E-state index in [1.54, 1.807) is 17.2 Å². The monoisotopic (exact) mass is 279 g/mol. The fraction of sp³-hybridized carbons (Fsp3) is 0.600. The SMILES string of the molecule is CC(C)(C)OC(=O)N1CCC(c2occc2C=O)CC1. The average molecular weight is 279 g/mol. The maximum absolute atomic E-state index is 12.0. The minimum Gasteiger partial charge on any atom is -0.468 e. The summed E-state index contributed by atoms with van der Waals surface area (Å²) in [5.74, 6) is 0.938. The number of amides is 1. The molecular formula is C15H21NO4. The first-order chi connectivity index (χ1) is 9.40. The van der Waals surface area contributed by atoms with Gasteiger partial charge in [-0.05, 0) is 39.7 Å². The molecule has 0 bridgehead atoms. The molecule has 0 unspecified atom stereocenters. The van der Waals surface area contributed by atoms with Gasteiger partial charge in [-0.1, -0.05) is 0 Å². The van der Waals surface area contributed by atoms with Gasteiger partial charge in [0, 0.05) is 19.0 Å². The van der Waals surface area contributed by atoms with Gasteiger partial charge < -0.3 is 14.1 Å². The Bertz CT molecular complexity index is 478. The van der Waals surface area contributed by atoms with Crippen LogP contribution in [0, 0.1) is 0 Å². The van der Waals surface area contributed by atoms with Gasteiger partial charge in [0.15, 0.2) is 6.29 Å². The summed E-state index contributed by atoms with van der Waals surface area (Å²) in [5.41, 5.74) is 0.139. The van der Waals surface area contributed by atoms with Crippen LogP contribution in [-0.2, 0) is 4.74 Å². The van der Waals surface area contributed by atoms with Crippen LogP contribution in [0.15, 0.2) is 16.7 Å². The second-order valence-electron chi connectivity index (χ2n) is 6.10. The number of carbonyl (C=O) groups excluding carboxylic acids is 2. The molecule has 1 fully saturated rings. The fourth-order valence-electron chi connectivity index (χ4n) is 2.41. The van der Waals surface area contributed by atoms with E-state index in [4.69, 9.17) is 9.15 Å². The molecule has 20 heavy (non-hydrogen) atoms. The summed E-state index contributed by atoms with van der Waals surface area (Å²) in [4.78, 5) is 24.6. The van der Waals surface area contributed by atoms with Crippen LogP contribution in [-0.4, -0.2) is 36.0 Å². The zero-order valence-electron chi connectivity index (χ0n) is 12.2. The molecule has 0 aromatic carbocycles. The van der Waals surface area contributed by atoms with Crippen LogP contribution in [0.3, 0.4) is 0 Å². The second kappa shape index (κ2) is 5.69. The first kappa shape index (κ1) is 14.6. The van der Waals surface area contributed by atoms with Crippen LogP contribution < -0.4 is 0 Å². The molecule has 110 valence electrons. The maximum atomic E-state index is 12.0. The lowest BCUT2D eigenvalue weighted by atomic mass is 9.92. The summed E-state index contributed by atoms with van der Waals surface area (Å²) in [6.45, 7) is 6.82. The molecule has 0 spiro atoms. The summed E-state index contributed by atoms with van der Waals surface area (Å²) >= 11 is 0. The third-order valence-electron chi connectivity index (χ3n) is 3.37. The largest absolute Gasteiger partial charge is 0.468 e. The smallest absolute Gasteiger partial charge is 0.410 e. The topological polar surface area (TPSA) is 59.8 Å². The molecule has 0 radical (unpaired) electrons. The normalized spacial score (nSPS) is 17.1. The standard InChI is InChI=1S/C15H21NO4/c1-15(2,3)20-14(18)16-7-4-11(5-8-16)13-12(10-17)6-9-19-13/h6,9-11H,4-5,7-8H2,1-3H3. The minimum atomic E-state index is -0.473. The van der Waals surface area contributed by atoms with Crippen molar-refractivity contribution < 1.29 is 18.7 Å². The van der Waals surface area contributed by atoms with Crippen molar-refractivity contribution >= 4 is 12.4 Å². The number of carbonyl (C=O) groups is 2. The van der Waals surface area contributed by atoms with Crippen molar-refractivity contribution in [2.75, 3.05) is 13.1 Å². The van der Waals surface area contributed by atoms with Gasteiger partial charge in [-0.3, -0.25) is 4.79 Å². The maximum Gasteiger partial charge on any atom is 0.410 e. The number of piperidine rings is 1. The predicted octanol–water partition coefficient (Wildman–Crippen LogP) is 3.21. The van der Waals surface area contributed by atoms with Crippen LogP contribution >= 0.6 is 0 Å². The van der Waals surface area contributed by atoms with Crippen molar-refractivity contribution in [3.8, 4) is 0 Å². The van der Waals surface area contributed by atoms with E-state index >= 15 is 0 Å². The molecule has 0 aliphatic carbocycles. The number of furan rings is 1. The Hall–Kier alpha value is -1.78. The number of hydrogen-bond acceptors (Lipinski definition) is 4. The molecule has 5 nitrogen and oxygen atoms in total. The van der Waals surface area contributed by atoms with E-state index < -0.39 is 5.60 Å². The van der Waals surface area contributed by atoms with Crippen molar-refractivity contribution in [3.63, 3.8) is 0 Å². The van der Waals surface area contributed by atoms with Crippen molar-refractivity contribution in [3.05, 3.63) is 23.7 Å². The first-order valence-corrected chi connectivity index (χ1v) is 6.91. The Morgan fingerprint density at radius 2 is 2.05 bits per heavy atom. The molecule has 2 rings (SSSR count). The van der Waals surface area contributed by atoms with Crippen LogP contribution in [0.2, 0.25) is 0 Å². The van der Waals surface area contributed by atoms with E-state index in [0.717, 1.165) is 24.9 Å². The molecule has 1 aliphatic rings. The quantitative estimate of drug-likeness (QED) is 0.780. The van der Waals surface area contributed by atoms with Crippen molar-refractivity contribution in [2.45, 2.75) is 45.1 Å². The first-order valence-electron chi connectivity index (χ1n) is 6.91. The summed E-state index contributed by atoms with van der Waals surface area (Å²) in [6.07, 6.45) is 3.66. The van der Waals surface area contributed by atoms with E-state index in [0.29, 0.717) is 18.7 Å². The Morgan fingerprint density at radius 1 is 1.40 bits per heavy atom. The number of ether oxygens (including phenoxy) is 1.